The van der Waals surface area contributed by atoms with E-state index in [1.165, 1.54) is 0 Å². The average molecular weight is 546 g/mol. The molecule has 12 nitrogen and oxygen atoms in total. The van der Waals surface area contributed by atoms with E-state index >= 15 is 0 Å². The second-order valence-electron chi connectivity index (χ2n) is 8.25. The number of hydrogen-bond acceptors (Lipinski definition) is 8. The van der Waals surface area contributed by atoms with E-state index in [1.807, 2.05) is 25.2 Å². The van der Waals surface area contributed by atoms with E-state index in [0.29, 0.717) is 6.42 Å². The number of aliphatic hydroxyl groups excluding tert-OH is 1. The molecule has 0 radical (unpaired) electrons. The summed E-state index contributed by atoms with van der Waals surface area (Å²) in [7, 11) is 0. The highest BCUT2D eigenvalue weighted by Gasteiger charge is 2.25. The summed E-state index contributed by atoms with van der Waals surface area (Å²) >= 11 is 1.15. The Morgan fingerprint density at radius 3 is 2.22 bits per heavy atom. The first kappa shape index (κ1) is 34.1. The molecule has 0 saturated carbocycles. The van der Waals surface area contributed by atoms with Gasteiger partial charge in [0.2, 0.25) is 11.8 Å². The number of carboxylic acid groups (broad SMARTS) is 3. The predicted octanol–water partition coefficient (Wildman–Crippen LogP) is 0.884. The zero-order valence-corrected chi connectivity index (χ0v) is 21.8. The van der Waals surface area contributed by atoms with Crippen molar-refractivity contribution in [1.82, 2.24) is 10.6 Å². The molecule has 0 aliphatic heterocycles. The Bertz CT molecular complexity index is 804. The number of carbonyl (C=O) groups excluding carboxylic acids is 2. The molecule has 0 bridgehead atoms. The van der Waals surface area contributed by atoms with Crippen LogP contribution < -0.4 is 16.4 Å². The molecule has 2 amide bonds. The summed E-state index contributed by atoms with van der Waals surface area (Å²) in [6.07, 6.45) is 9.17. The monoisotopic (exact) mass is 545 g/mol. The van der Waals surface area contributed by atoms with Gasteiger partial charge in [0.1, 0.15) is 18.6 Å². The summed E-state index contributed by atoms with van der Waals surface area (Å²) in [6.45, 7) is 1.36. The number of unbranched alkanes of at least 4 members (excludes halogenated alkanes) is 1. The number of aliphatic hydroxyl groups is 1. The number of hydrogen-bond donors (Lipinski definition) is 7. The summed E-state index contributed by atoms with van der Waals surface area (Å²) in [5, 5.41) is 41.4. The molecular formula is C24H39N3O9S. The molecule has 0 aromatic heterocycles. The topological polar surface area (TPSA) is 216 Å². The van der Waals surface area contributed by atoms with Gasteiger partial charge in [0.05, 0.1) is 6.10 Å². The fourth-order valence-electron chi connectivity index (χ4n) is 2.98. The molecule has 13 heteroatoms. The quantitative estimate of drug-likeness (QED) is 0.0793. The maximum Gasteiger partial charge on any atom is 0.322 e. The third-order valence-electron chi connectivity index (χ3n) is 5.02. The Morgan fingerprint density at radius 1 is 0.946 bits per heavy atom. The molecule has 0 saturated heterocycles. The molecule has 0 rings (SSSR count). The molecule has 210 valence electrons. The summed E-state index contributed by atoms with van der Waals surface area (Å²) in [6, 6.07) is -2.41. The van der Waals surface area contributed by atoms with Crippen LogP contribution in [0.3, 0.4) is 0 Å². The Labute approximate surface area is 220 Å². The first-order valence-corrected chi connectivity index (χ1v) is 13.1. The molecule has 0 aliphatic carbocycles. The van der Waals surface area contributed by atoms with E-state index in [2.05, 4.69) is 10.6 Å². The Morgan fingerprint density at radius 2 is 1.62 bits per heavy atom. The van der Waals surface area contributed by atoms with Gasteiger partial charge in [0, 0.05) is 23.8 Å². The van der Waals surface area contributed by atoms with Gasteiger partial charge in [0.25, 0.3) is 0 Å². The lowest BCUT2D eigenvalue weighted by molar-refractivity contribution is -0.139. The number of nitrogens with two attached hydrogens (primary N) is 1. The highest BCUT2D eigenvalue weighted by Crippen LogP contribution is 2.22. The minimum absolute atomic E-state index is 0.0249. The van der Waals surface area contributed by atoms with Crippen LogP contribution in [0.5, 0.6) is 0 Å². The van der Waals surface area contributed by atoms with Crippen LogP contribution in [0.15, 0.2) is 24.3 Å². The van der Waals surface area contributed by atoms with Crippen LogP contribution >= 0.6 is 11.8 Å². The van der Waals surface area contributed by atoms with Gasteiger partial charge < -0.3 is 36.8 Å². The van der Waals surface area contributed by atoms with Crippen molar-refractivity contribution in [3.05, 3.63) is 24.3 Å². The molecule has 0 aromatic rings. The number of carbonyl (C=O) groups is 5. The first-order chi connectivity index (χ1) is 17.5. The SMILES string of the molecule is CC/C=C/CC/C=C/[C@@H](SC[C@H](NC(=O)CC[C@H](N)C(=O)O)C(=O)NCC(=O)O)[C@@H](O)CCCC(=O)O. The smallest absolute Gasteiger partial charge is 0.322 e. The molecule has 37 heavy (non-hydrogen) atoms. The van der Waals surface area contributed by atoms with Crippen molar-refractivity contribution in [2.75, 3.05) is 12.3 Å². The number of nitrogens with one attached hydrogen (secondary N) is 2. The lowest BCUT2D eigenvalue weighted by Gasteiger charge is -2.23. The summed E-state index contributed by atoms with van der Waals surface area (Å²) in [5.74, 6) is -4.93. The summed E-state index contributed by atoms with van der Waals surface area (Å²) < 4.78 is 0. The van der Waals surface area contributed by atoms with Gasteiger partial charge in [0.15, 0.2) is 0 Å². The standard InChI is InChI=1S/C24H39N3O9S/c1-2-3-4-5-6-7-10-19(18(28)9-8-11-21(30)31)37-15-17(23(34)26-14-22(32)33)27-20(29)13-12-16(25)24(35)36/h3-4,7,10,16-19,28H,2,5-6,8-9,11-15,25H2,1H3,(H,26,34)(H,27,29)(H,30,31)(H,32,33)(H,35,36)/b4-3+,10-7+/t16-,17-,18-,19+/m0/s1. The molecule has 0 unspecified atom stereocenters. The van der Waals surface area contributed by atoms with Crippen LogP contribution in [-0.2, 0) is 24.0 Å². The Balaban J connectivity index is 5.36. The number of aliphatic carboxylic acids is 3. The molecule has 0 spiro atoms. The van der Waals surface area contributed by atoms with Crippen LogP contribution in [0, 0.1) is 0 Å². The number of allylic oxidation sites excluding steroid dienone is 3. The largest absolute Gasteiger partial charge is 0.481 e. The molecule has 0 aliphatic rings. The van der Waals surface area contributed by atoms with Gasteiger partial charge in [-0.15, -0.1) is 11.8 Å². The molecular weight excluding hydrogens is 506 g/mol. The first-order valence-electron chi connectivity index (χ1n) is 12.1. The van der Waals surface area contributed by atoms with Crippen molar-refractivity contribution in [1.29, 1.82) is 0 Å². The van der Waals surface area contributed by atoms with Crippen molar-refractivity contribution in [3.8, 4) is 0 Å². The van der Waals surface area contributed by atoms with Crippen LogP contribution in [0.4, 0.5) is 0 Å². The summed E-state index contributed by atoms with van der Waals surface area (Å²) in [5.41, 5.74) is 5.41. The fourth-order valence-corrected chi connectivity index (χ4v) is 4.21. The van der Waals surface area contributed by atoms with E-state index in [1.54, 1.807) is 6.08 Å². The molecule has 4 atom stereocenters. The fraction of sp³-hybridized carbons (Fsp3) is 0.625. The number of amides is 2. The van der Waals surface area contributed by atoms with Crippen molar-refractivity contribution < 1.29 is 44.4 Å². The highest BCUT2D eigenvalue weighted by molar-refractivity contribution is 8.00. The van der Waals surface area contributed by atoms with Gasteiger partial charge in [-0.1, -0.05) is 31.2 Å². The highest BCUT2D eigenvalue weighted by atomic mass is 32.2. The van der Waals surface area contributed by atoms with E-state index in [0.717, 1.165) is 24.6 Å². The van der Waals surface area contributed by atoms with Gasteiger partial charge in [-0.2, -0.15) is 0 Å². The normalized spacial score (nSPS) is 14.7. The minimum Gasteiger partial charge on any atom is -0.481 e. The van der Waals surface area contributed by atoms with Gasteiger partial charge in [-0.05, 0) is 38.5 Å². The zero-order chi connectivity index (χ0) is 28.2. The Hall–Kier alpha value is -2.90. The third kappa shape index (κ3) is 18.1. The van der Waals surface area contributed by atoms with E-state index < -0.39 is 59.7 Å². The lowest BCUT2D eigenvalue weighted by atomic mass is 10.1. The van der Waals surface area contributed by atoms with Crippen molar-refractivity contribution in [3.63, 3.8) is 0 Å². The average Bonchev–Trinajstić information content (AvgIpc) is 2.83. The molecule has 0 heterocycles. The molecule has 0 aromatic carbocycles. The Kier molecular flexibility index (Phi) is 18.6. The van der Waals surface area contributed by atoms with Crippen LogP contribution in [0.25, 0.3) is 0 Å². The molecule has 8 N–H and O–H groups in total. The van der Waals surface area contributed by atoms with Gasteiger partial charge >= 0.3 is 17.9 Å². The van der Waals surface area contributed by atoms with E-state index in [9.17, 15) is 29.1 Å². The molecule has 0 fully saturated rings. The van der Waals surface area contributed by atoms with Crippen LogP contribution in [0.2, 0.25) is 0 Å². The third-order valence-corrected chi connectivity index (χ3v) is 6.40. The number of thioether (sulfide) groups is 1. The van der Waals surface area contributed by atoms with Gasteiger partial charge in [-0.25, -0.2) is 0 Å². The van der Waals surface area contributed by atoms with Crippen LogP contribution in [0.1, 0.15) is 58.3 Å². The van der Waals surface area contributed by atoms with Crippen molar-refractivity contribution >= 4 is 41.5 Å². The van der Waals surface area contributed by atoms with Gasteiger partial charge in [-0.3, -0.25) is 24.0 Å². The lowest BCUT2D eigenvalue weighted by Crippen LogP contribution is -2.50. The minimum atomic E-state index is -1.27. The van der Waals surface area contributed by atoms with Crippen molar-refractivity contribution in [2.45, 2.75) is 81.7 Å². The summed E-state index contributed by atoms with van der Waals surface area (Å²) in [4.78, 5) is 57.4. The predicted molar refractivity (Wildman–Crippen MR) is 139 cm³/mol. The van der Waals surface area contributed by atoms with Crippen molar-refractivity contribution in [2.24, 2.45) is 5.73 Å². The van der Waals surface area contributed by atoms with E-state index in [-0.39, 0.29) is 37.9 Å². The zero-order valence-electron chi connectivity index (χ0n) is 21.0. The van der Waals surface area contributed by atoms with E-state index in [4.69, 9.17) is 21.1 Å². The maximum atomic E-state index is 12.5. The van der Waals surface area contributed by atoms with Crippen LogP contribution in [-0.4, -0.2) is 85.9 Å². The number of rotatable bonds is 21. The second kappa shape index (κ2) is 20.2. The maximum absolute atomic E-state index is 12.5. The number of carboxylic acids is 3. The second-order valence-corrected chi connectivity index (χ2v) is 9.46.